The van der Waals surface area contributed by atoms with Crippen molar-refractivity contribution in [1.82, 2.24) is 15.5 Å². The lowest BCUT2D eigenvalue weighted by molar-refractivity contribution is -0.128. The molecule has 2 N–H and O–H groups in total. The molecule has 0 aliphatic carbocycles. The number of hydrogen-bond acceptors (Lipinski definition) is 4. The quantitative estimate of drug-likeness (QED) is 0.745. The van der Waals surface area contributed by atoms with E-state index in [1.807, 2.05) is 0 Å². The minimum atomic E-state index is -0.554. The SMILES string of the molecule is C=C(C)C(=O)N1CCC(NC(=O)CCNC(=O)OC(C)(C)C)CC1. The predicted molar refractivity (Wildman–Crippen MR) is 91.4 cm³/mol. The van der Waals surface area contributed by atoms with E-state index in [0.717, 1.165) is 12.8 Å². The van der Waals surface area contributed by atoms with Crippen LogP contribution in [0.5, 0.6) is 0 Å². The Morgan fingerprint density at radius 1 is 1.21 bits per heavy atom. The van der Waals surface area contributed by atoms with Gasteiger partial charge in [0.15, 0.2) is 0 Å². The zero-order valence-electron chi connectivity index (χ0n) is 15.1. The van der Waals surface area contributed by atoms with Crippen LogP contribution in [0.2, 0.25) is 0 Å². The number of carbonyl (C=O) groups excluding carboxylic acids is 3. The molecule has 7 nitrogen and oxygen atoms in total. The van der Waals surface area contributed by atoms with Crippen molar-refractivity contribution in [3.8, 4) is 0 Å². The monoisotopic (exact) mass is 339 g/mol. The Morgan fingerprint density at radius 3 is 2.29 bits per heavy atom. The minimum absolute atomic E-state index is 0.0265. The smallest absolute Gasteiger partial charge is 0.407 e. The van der Waals surface area contributed by atoms with Crippen LogP contribution in [-0.2, 0) is 14.3 Å². The first-order valence-corrected chi connectivity index (χ1v) is 8.29. The Hall–Kier alpha value is -2.05. The summed E-state index contributed by atoms with van der Waals surface area (Å²) in [4.78, 5) is 37.0. The number of carbonyl (C=O) groups is 3. The molecule has 0 atom stereocenters. The molecule has 0 bridgehead atoms. The molecule has 0 aromatic rings. The van der Waals surface area contributed by atoms with E-state index in [1.54, 1.807) is 32.6 Å². The van der Waals surface area contributed by atoms with Crippen LogP contribution in [0.1, 0.15) is 47.0 Å². The first kappa shape index (κ1) is 20.0. The van der Waals surface area contributed by atoms with Gasteiger partial charge in [-0.05, 0) is 40.5 Å². The standard InChI is InChI=1S/C17H29N3O4/c1-12(2)15(22)20-10-7-13(8-11-20)19-14(21)6-9-18-16(23)24-17(3,4)5/h13H,1,6-11H2,2-5H3,(H,18,23)(H,19,21). The summed E-state index contributed by atoms with van der Waals surface area (Å²) in [6.45, 7) is 12.2. The third-order valence-corrected chi connectivity index (χ3v) is 3.53. The molecule has 3 amide bonds. The number of ether oxygens (including phenoxy) is 1. The highest BCUT2D eigenvalue weighted by Gasteiger charge is 2.24. The highest BCUT2D eigenvalue weighted by molar-refractivity contribution is 5.92. The molecular weight excluding hydrogens is 310 g/mol. The lowest BCUT2D eigenvalue weighted by Crippen LogP contribution is -2.47. The van der Waals surface area contributed by atoms with Gasteiger partial charge in [0.2, 0.25) is 11.8 Å². The fourth-order valence-electron chi connectivity index (χ4n) is 2.39. The number of likely N-dealkylation sites (tertiary alicyclic amines) is 1. The van der Waals surface area contributed by atoms with E-state index in [-0.39, 0.29) is 30.8 Å². The summed E-state index contributed by atoms with van der Waals surface area (Å²) in [6.07, 6.45) is 1.13. The van der Waals surface area contributed by atoms with Gasteiger partial charge in [-0.15, -0.1) is 0 Å². The first-order chi connectivity index (χ1) is 11.1. The van der Waals surface area contributed by atoms with Crippen LogP contribution in [0.15, 0.2) is 12.2 Å². The molecule has 7 heteroatoms. The van der Waals surface area contributed by atoms with Crippen molar-refractivity contribution < 1.29 is 19.1 Å². The maximum Gasteiger partial charge on any atom is 0.407 e. The zero-order valence-corrected chi connectivity index (χ0v) is 15.1. The summed E-state index contributed by atoms with van der Waals surface area (Å²) in [6, 6.07) is 0.0631. The summed E-state index contributed by atoms with van der Waals surface area (Å²) in [7, 11) is 0. The van der Waals surface area contributed by atoms with Crippen LogP contribution in [0.25, 0.3) is 0 Å². The molecule has 24 heavy (non-hydrogen) atoms. The van der Waals surface area contributed by atoms with Gasteiger partial charge in [-0.1, -0.05) is 6.58 Å². The summed E-state index contributed by atoms with van der Waals surface area (Å²) >= 11 is 0. The Labute approximate surface area is 143 Å². The molecule has 1 fully saturated rings. The van der Waals surface area contributed by atoms with Crippen LogP contribution >= 0.6 is 0 Å². The maximum atomic E-state index is 11.9. The summed E-state index contributed by atoms with van der Waals surface area (Å²) in [5.41, 5.74) is -0.0210. The number of nitrogens with zero attached hydrogens (tertiary/aromatic N) is 1. The number of piperidine rings is 1. The van der Waals surface area contributed by atoms with Gasteiger partial charge in [-0.3, -0.25) is 9.59 Å². The van der Waals surface area contributed by atoms with Gasteiger partial charge in [0.1, 0.15) is 5.60 Å². The average Bonchev–Trinajstić information content (AvgIpc) is 2.45. The van der Waals surface area contributed by atoms with E-state index in [2.05, 4.69) is 17.2 Å². The minimum Gasteiger partial charge on any atom is -0.444 e. The van der Waals surface area contributed by atoms with Gasteiger partial charge in [0.05, 0.1) is 0 Å². The van der Waals surface area contributed by atoms with Gasteiger partial charge in [0, 0.05) is 37.7 Å². The zero-order chi connectivity index (χ0) is 18.3. The van der Waals surface area contributed by atoms with Gasteiger partial charge < -0.3 is 20.3 Å². The number of hydrogen-bond donors (Lipinski definition) is 2. The fourth-order valence-corrected chi connectivity index (χ4v) is 2.39. The fraction of sp³-hybridized carbons (Fsp3) is 0.706. The van der Waals surface area contributed by atoms with Crippen molar-refractivity contribution >= 4 is 17.9 Å². The molecular formula is C17H29N3O4. The molecule has 136 valence electrons. The van der Waals surface area contributed by atoms with Crippen LogP contribution in [0.4, 0.5) is 4.79 Å². The summed E-state index contributed by atoms with van der Waals surface area (Å²) in [5.74, 6) is -0.142. The van der Waals surface area contributed by atoms with E-state index in [0.29, 0.717) is 18.7 Å². The van der Waals surface area contributed by atoms with E-state index >= 15 is 0 Å². The lowest BCUT2D eigenvalue weighted by Gasteiger charge is -2.32. The van der Waals surface area contributed by atoms with E-state index in [1.165, 1.54) is 0 Å². The number of alkyl carbamates (subject to hydrolysis) is 1. The molecule has 1 heterocycles. The molecule has 0 aromatic heterocycles. The molecule has 0 spiro atoms. The molecule has 1 aliphatic heterocycles. The van der Waals surface area contributed by atoms with Crippen molar-refractivity contribution in [2.45, 2.75) is 58.6 Å². The van der Waals surface area contributed by atoms with Gasteiger partial charge in [-0.25, -0.2) is 4.79 Å². The Morgan fingerprint density at radius 2 is 1.79 bits per heavy atom. The number of rotatable bonds is 5. The van der Waals surface area contributed by atoms with Gasteiger partial charge >= 0.3 is 6.09 Å². The van der Waals surface area contributed by atoms with E-state index in [9.17, 15) is 14.4 Å². The molecule has 0 saturated carbocycles. The van der Waals surface area contributed by atoms with Gasteiger partial charge in [-0.2, -0.15) is 0 Å². The molecule has 1 saturated heterocycles. The van der Waals surface area contributed by atoms with Crippen LogP contribution < -0.4 is 10.6 Å². The van der Waals surface area contributed by atoms with Crippen molar-refractivity contribution in [2.75, 3.05) is 19.6 Å². The third-order valence-electron chi connectivity index (χ3n) is 3.53. The summed E-state index contributed by atoms with van der Waals surface area (Å²) < 4.78 is 5.10. The maximum absolute atomic E-state index is 11.9. The molecule has 0 unspecified atom stereocenters. The normalized spacial score (nSPS) is 15.6. The molecule has 0 aromatic carbocycles. The number of amides is 3. The van der Waals surface area contributed by atoms with Crippen molar-refractivity contribution in [2.24, 2.45) is 0 Å². The second-order valence-corrected chi connectivity index (χ2v) is 7.09. The Bertz CT molecular complexity index is 489. The van der Waals surface area contributed by atoms with Crippen molar-refractivity contribution in [1.29, 1.82) is 0 Å². The lowest BCUT2D eigenvalue weighted by atomic mass is 10.0. The number of nitrogens with one attached hydrogen (secondary N) is 2. The Balaban J connectivity index is 2.22. The predicted octanol–water partition coefficient (Wildman–Crippen LogP) is 1.58. The van der Waals surface area contributed by atoms with Crippen molar-refractivity contribution in [3.63, 3.8) is 0 Å². The molecule has 1 aliphatic rings. The van der Waals surface area contributed by atoms with Crippen LogP contribution in [0, 0.1) is 0 Å². The summed E-state index contributed by atoms with van der Waals surface area (Å²) in [5, 5.41) is 5.50. The average molecular weight is 339 g/mol. The molecule has 0 radical (unpaired) electrons. The largest absolute Gasteiger partial charge is 0.444 e. The van der Waals surface area contributed by atoms with Crippen LogP contribution in [-0.4, -0.2) is 54.1 Å². The second-order valence-electron chi connectivity index (χ2n) is 7.09. The van der Waals surface area contributed by atoms with E-state index < -0.39 is 11.7 Å². The topological polar surface area (TPSA) is 87.7 Å². The van der Waals surface area contributed by atoms with E-state index in [4.69, 9.17) is 4.74 Å². The first-order valence-electron chi connectivity index (χ1n) is 8.29. The second kappa shape index (κ2) is 8.70. The Kier molecular flexibility index (Phi) is 7.25. The highest BCUT2D eigenvalue weighted by atomic mass is 16.6. The molecule has 1 rings (SSSR count). The van der Waals surface area contributed by atoms with Crippen LogP contribution in [0.3, 0.4) is 0 Å². The third kappa shape index (κ3) is 7.48. The van der Waals surface area contributed by atoms with Crippen molar-refractivity contribution in [3.05, 3.63) is 12.2 Å². The highest BCUT2D eigenvalue weighted by Crippen LogP contribution is 2.12. The van der Waals surface area contributed by atoms with Gasteiger partial charge in [0.25, 0.3) is 0 Å².